The minimum absolute atomic E-state index is 0.0263. The van der Waals surface area contributed by atoms with Crippen LogP contribution in [0.15, 0.2) is 18.2 Å². The van der Waals surface area contributed by atoms with Crippen LogP contribution in [0, 0.1) is 13.8 Å². The molecular formula is C18H29N3O2S. The standard InChI is InChI=1S/C18H29N3O2S/c1-4-8-21(9-11-22)10-12-24-14-19-13-17(23)20-18-15(2)6-5-7-16(18)3/h5-7,11,19H,4,8-10,12-14H2,1-3H3,(H,20,23). The second-order valence-electron chi connectivity index (χ2n) is 5.76. The normalized spacial score (nSPS) is 10.8. The molecule has 0 saturated carbocycles. The molecule has 5 nitrogen and oxygen atoms in total. The molecule has 6 heteroatoms. The molecule has 0 spiro atoms. The lowest BCUT2D eigenvalue weighted by molar-refractivity contribution is -0.115. The van der Waals surface area contributed by atoms with Gasteiger partial charge in [-0.15, -0.1) is 11.8 Å². The molecule has 0 saturated heterocycles. The lowest BCUT2D eigenvalue weighted by atomic mass is 10.1. The van der Waals surface area contributed by atoms with Gasteiger partial charge >= 0.3 is 0 Å². The summed E-state index contributed by atoms with van der Waals surface area (Å²) in [6.07, 6.45) is 2.01. The number of nitrogens with one attached hydrogen (secondary N) is 2. The van der Waals surface area contributed by atoms with Crippen molar-refractivity contribution < 1.29 is 9.59 Å². The Morgan fingerprint density at radius 3 is 2.58 bits per heavy atom. The molecule has 24 heavy (non-hydrogen) atoms. The van der Waals surface area contributed by atoms with E-state index in [1.807, 2.05) is 32.0 Å². The maximum Gasteiger partial charge on any atom is 0.238 e. The van der Waals surface area contributed by atoms with E-state index in [2.05, 4.69) is 22.5 Å². The van der Waals surface area contributed by atoms with E-state index in [4.69, 9.17) is 0 Å². The Bertz CT molecular complexity index is 503. The summed E-state index contributed by atoms with van der Waals surface area (Å²) < 4.78 is 0. The lowest BCUT2D eigenvalue weighted by Gasteiger charge is -2.18. The quantitative estimate of drug-likeness (QED) is 0.344. The molecule has 0 radical (unpaired) electrons. The molecule has 1 amide bonds. The number of carbonyl (C=O) groups excluding carboxylic acids is 2. The molecular weight excluding hydrogens is 322 g/mol. The largest absolute Gasteiger partial charge is 0.324 e. The van der Waals surface area contributed by atoms with Crippen LogP contribution in [0.5, 0.6) is 0 Å². The third kappa shape index (κ3) is 7.95. The van der Waals surface area contributed by atoms with Crippen LogP contribution in [-0.2, 0) is 9.59 Å². The zero-order valence-corrected chi connectivity index (χ0v) is 15.7. The van der Waals surface area contributed by atoms with E-state index < -0.39 is 0 Å². The minimum atomic E-state index is -0.0263. The highest BCUT2D eigenvalue weighted by molar-refractivity contribution is 7.99. The van der Waals surface area contributed by atoms with Gasteiger partial charge in [0.25, 0.3) is 0 Å². The van der Waals surface area contributed by atoms with Crippen LogP contribution in [0.2, 0.25) is 0 Å². The fourth-order valence-corrected chi connectivity index (χ4v) is 3.19. The second kappa shape index (κ2) is 12.1. The Kier molecular flexibility index (Phi) is 10.4. The van der Waals surface area contributed by atoms with Gasteiger partial charge in [-0.1, -0.05) is 25.1 Å². The number of amides is 1. The topological polar surface area (TPSA) is 61.4 Å². The third-order valence-electron chi connectivity index (χ3n) is 3.66. The van der Waals surface area contributed by atoms with E-state index >= 15 is 0 Å². The maximum atomic E-state index is 12.0. The van der Waals surface area contributed by atoms with Crippen LogP contribution >= 0.6 is 11.8 Å². The van der Waals surface area contributed by atoms with E-state index in [1.54, 1.807) is 11.8 Å². The van der Waals surface area contributed by atoms with Gasteiger partial charge in [-0.25, -0.2) is 0 Å². The van der Waals surface area contributed by atoms with Crippen LogP contribution in [0.1, 0.15) is 24.5 Å². The fraction of sp³-hybridized carbons (Fsp3) is 0.556. The van der Waals surface area contributed by atoms with Crippen molar-refractivity contribution in [2.75, 3.05) is 43.1 Å². The van der Waals surface area contributed by atoms with Crippen molar-refractivity contribution >= 4 is 29.6 Å². The van der Waals surface area contributed by atoms with Crippen molar-refractivity contribution in [2.45, 2.75) is 27.2 Å². The molecule has 1 aromatic carbocycles. The third-order valence-corrected chi connectivity index (χ3v) is 4.54. The van der Waals surface area contributed by atoms with Gasteiger partial charge in [0.05, 0.1) is 13.1 Å². The number of carbonyl (C=O) groups is 2. The van der Waals surface area contributed by atoms with Crippen molar-refractivity contribution in [3.63, 3.8) is 0 Å². The summed E-state index contributed by atoms with van der Waals surface area (Å²) in [5.41, 5.74) is 3.05. The Morgan fingerprint density at radius 1 is 1.25 bits per heavy atom. The molecule has 0 aliphatic carbocycles. The van der Waals surface area contributed by atoms with Crippen molar-refractivity contribution in [1.82, 2.24) is 10.2 Å². The van der Waals surface area contributed by atoms with Gasteiger partial charge in [0.2, 0.25) is 5.91 Å². The monoisotopic (exact) mass is 351 g/mol. The smallest absolute Gasteiger partial charge is 0.238 e. The van der Waals surface area contributed by atoms with Crippen molar-refractivity contribution in [3.8, 4) is 0 Å². The summed E-state index contributed by atoms with van der Waals surface area (Å²) in [5, 5.41) is 6.11. The van der Waals surface area contributed by atoms with Crippen LogP contribution < -0.4 is 10.6 Å². The van der Waals surface area contributed by atoms with Crippen LogP contribution in [0.3, 0.4) is 0 Å². The molecule has 0 bridgehead atoms. The number of rotatable bonds is 12. The van der Waals surface area contributed by atoms with E-state index in [0.29, 0.717) is 13.1 Å². The number of anilines is 1. The molecule has 134 valence electrons. The first-order valence-corrected chi connectivity index (χ1v) is 9.54. The molecule has 0 unspecified atom stereocenters. The SMILES string of the molecule is CCCN(CC=O)CCSCNCC(=O)Nc1c(C)cccc1C. The lowest BCUT2D eigenvalue weighted by Crippen LogP contribution is -2.30. The summed E-state index contributed by atoms with van der Waals surface area (Å²) in [4.78, 5) is 24.7. The zero-order valence-electron chi connectivity index (χ0n) is 14.9. The predicted octanol–water partition coefficient (Wildman–Crippen LogP) is 2.43. The predicted molar refractivity (Wildman–Crippen MR) is 103 cm³/mol. The Labute approximate surface area is 149 Å². The fourth-order valence-electron chi connectivity index (χ4n) is 2.41. The molecule has 1 aromatic rings. The molecule has 0 aliphatic rings. The number of thioether (sulfide) groups is 1. The number of aryl methyl sites for hydroxylation is 2. The van der Waals surface area contributed by atoms with Crippen molar-refractivity contribution in [1.29, 1.82) is 0 Å². The van der Waals surface area contributed by atoms with Crippen molar-refractivity contribution in [3.05, 3.63) is 29.3 Å². The van der Waals surface area contributed by atoms with Crippen LogP contribution in [-0.4, -0.2) is 54.9 Å². The van der Waals surface area contributed by atoms with Gasteiger partial charge in [0, 0.05) is 23.9 Å². The first-order valence-electron chi connectivity index (χ1n) is 8.39. The van der Waals surface area contributed by atoms with Crippen LogP contribution in [0.4, 0.5) is 5.69 Å². The maximum absolute atomic E-state index is 12.0. The van der Waals surface area contributed by atoms with E-state index in [-0.39, 0.29) is 5.91 Å². The van der Waals surface area contributed by atoms with Gasteiger partial charge in [-0.3, -0.25) is 15.0 Å². The average molecular weight is 352 g/mol. The molecule has 0 aromatic heterocycles. The molecule has 1 rings (SSSR count). The number of para-hydroxylation sites is 1. The number of benzene rings is 1. The van der Waals surface area contributed by atoms with E-state index in [0.717, 1.165) is 54.2 Å². The minimum Gasteiger partial charge on any atom is -0.324 e. The summed E-state index contributed by atoms with van der Waals surface area (Å²) >= 11 is 1.74. The Morgan fingerprint density at radius 2 is 1.96 bits per heavy atom. The molecule has 2 N–H and O–H groups in total. The number of hydrogen-bond acceptors (Lipinski definition) is 5. The number of hydrogen-bond donors (Lipinski definition) is 2. The Balaban J connectivity index is 2.19. The van der Waals surface area contributed by atoms with E-state index in [9.17, 15) is 9.59 Å². The number of aldehydes is 1. The van der Waals surface area contributed by atoms with Crippen LogP contribution in [0.25, 0.3) is 0 Å². The van der Waals surface area contributed by atoms with E-state index in [1.165, 1.54) is 0 Å². The van der Waals surface area contributed by atoms with Crippen molar-refractivity contribution in [2.24, 2.45) is 0 Å². The van der Waals surface area contributed by atoms with Gasteiger partial charge < -0.3 is 10.1 Å². The molecule has 0 fully saturated rings. The van der Waals surface area contributed by atoms with Gasteiger partial charge in [0.1, 0.15) is 6.29 Å². The Hall–Kier alpha value is -1.37. The molecule has 0 heterocycles. The highest BCUT2D eigenvalue weighted by Gasteiger charge is 2.07. The summed E-state index contributed by atoms with van der Waals surface area (Å²) in [5.74, 6) is 1.64. The summed E-state index contributed by atoms with van der Waals surface area (Å²) in [6, 6.07) is 5.97. The van der Waals surface area contributed by atoms with Gasteiger partial charge in [-0.05, 0) is 37.9 Å². The highest BCUT2D eigenvalue weighted by Crippen LogP contribution is 2.18. The first-order chi connectivity index (χ1) is 11.6. The highest BCUT2D eigenvalue weighted by atomic mass is 32.2. The average Bonchev–Trinajstić information content (AvgIpc) is 2.54. The van der Waals surface area contributed by atoms with Gasteiger partial charge in [-0.2, -0.15) is 0 Å². The van der Waals surface area contributed by atoms with Gasteiger partial charge in [0.15, 0.2) is 0 Å². The summed E-state index contributed by atoms with van der Waals surface area (Å²) in [7, 11) is 0. The molecule has 0 aliphatic heterocycles. The molecule has 0 atom stereocenters. The zero-order chi connectivity index (χ0) is 17.8. The second-order valence-corrected chi connectivity index (χ2v) is 6.87. The first kappa shape index (κ1) is 20.7. The number of nitrogens with zero attached hydrogens (tertiary/aromatic N) is 1. The summed E-state index contributed by atoms with van der Waals surface area (Å²) in [6.45, 7) is 8.74.